The summed E-state index contributed by atoms with van der Waals surface area (Å²) in [6, 6.07) is 8.99. The number of nitrogens with one attached hydrogen (secondary N) is 1. The van der Waals surface area contributed by atoms with Gasteiger partial charge in [0.05, 0.1) is 12.7 Å². The lowest BCUT2D eigenvalue weighted by Crippen LogP contribution is -2.34. The summed E-state index contributed by atoms with van der Waals surface area (Å²) in [6.45, 7) is 2.22. The predicted molar refractivity (Wildman–Crippen MR) is 82.7 cm³/mol. The molecule has 0 amide bonds. The molecule has 0 spiro atoms. The van der Waals surface area contributed by atoms with Crippen molar-refractivity contribution >= 4 is 5.97 Å². The largest absolute Gasteiger partial charge is 0.465 e. The van der Waals surface area contributed by atoms with E-state index in [4.69, 9.17) is 4.74 Å². The van der Waals surface area contributed by atoms with Crippen LogP contribution in [0.4, 0.5) is 0 Å². The number of benzene rings is 1. The van der Waals surface area contributed by atoms with Gasteiger partial charge >= 0.3 is 5.97 Å². The standard InChI is InChI=1S/C17H18N2O3/c1-22-17(21)13-4-2-3-12(9-13)10-19-8-6-15-14(11-19)16(20)5-7-18-15/h2-5,7,9H,6,8,10-11H2,1H3,(H,18,20). The average molecular weight is 298 g/mol. The van der Waals surface area contributed by atoms with Crippen LogP contribution in [0.5, 0.6) is 0 Å². The first-order chi connectivity index (χ1) is 10.7. The fraction of sp³-hybridized carbons (Fsp3) is 0.294. The van der Waals surface area contributed by atoms with Gasteiger partial charge in [0.2, 0.25) is 0 Å². The van der Waals surface area contributed by atoms with Crippen LogP contribution in [0.3, 0.4) is 0 Å². The lowest BCUT2D eigenvalue weighted by atomic mass is 10.0. The fourth-order valence-corrected chi connectivity index (χ4v) is 2.83. The highest BCUT2D eigenvalue weighted by Crippen LogP contribution is 2.17. The summed E-state index contributed by atoms with van der Waals surface area (Å²) in [6.07, 6.45) is 2.54. The lowest BCUT2D eigenvalue weighted by molar-refractivity contribution is 0.0600. The van der Waals surface area contributed by atoms with E-state index in [1.807, 2.05) is 18.2 Å². The number of aromatic nitrogens is 1. The van der Waals surface area contributed by atoms with Gasteiger partial charge in [-0.1, -0.05) is 12.1 Å². The Kier molecular flexibility index (Phi) is 4.06. The molecule has 0 atom stereocenters. The molecule has 1 aliphatic heterocycles. The Morgan fingerprint density at radius 2 is 2.23 bits per heavy atom. The number of nitrogens with zero attached hydrogens (tertiary/aromatic N) is 1. The van der Waals surface area contributed by atoms with Crippen LogP contribution in [0.2, 0.25) is 0 Å². The van der Waals surface area contributed by atoms with Gasteiger partial charge in [0.1, 0.15) is 0 Å². The number of hydrogen-bond acceptors (Lipinski definition) is 4. The SMILES string of the molecule is COC(=O)c1cccc(CN2CCc3[nH]ccc(=O)c3C2)c1. The van der Waals surface area contributed by atoms with Crippen LogP contribution in [0, 0.1) is 0 Å². The number of aromatic amines is 1. The van der Waals surface area contributed by atoms with E-state index in [1.54, 1.807) is 18.3 Å². The zero-order chi connectivity index (χ0) is 15.5. The Morgan fingerprint density at radius 3 is 3.05 bits per heavy atom. The van der Waals surface area contributed by atoms with Gasteiger partial charge < -0.3 is 9.72 Å². The van der Waals surface area contributed by atoms with Gasteiger partial charge in [-0.25, -0.2) is 4.79 Å². The first kappa shape index (κ1) is 14.5. The van der Waals surface area contributed by atoms with Gasteiger partial charge in [0.15, 0.2) is 5.43 Å². The number of carbonyl (C=O) groups excluding carboxylic acids is 1. The molecule has 3 rings (SSSR count). The van der Waals surface area contributed by atoms with E-state index in [-0.39, 0.29) is 11.4 Å². The second-order valence-corrected chi connectivity index (χ2v) is 5.45. The van der Waals surface area contributed by atoms with Gasteiger partial charge in [0, 0.05) is 49.6 Å². The molecule has 0 bridgehead atoms. The van der Waals surface area contributed by atoms with Crippen LogP contribution < -0.4 is 5.43 Å². The number of rotatable bonds is 3. The van der Waals surface area contributed by atoms with Crippen LogP contribution in [0.15, 0.2) is 41.3 Å². The van der Waals surface area contributed by atoms with Gasteiger partial charge in [-0.05, 0) is 17.7 Å². The van der Waals surface area contributed by atoms with Crippen molar-refractivity contribution in [1.29, 1.82) is 0 Å². The maximum absolute atomic E-state index is 11.9. The van der Waals surface area contributed by atoms with Crippen molar-refractivity contribution < 1.29 is 9.53 Å². The summed E-state index contributed by atoms with van der Waals surface area (Å²) in [5.74, 6) is -0.331. The number of hydrogen-bond donors (Lipinski definition) is 1. The highest BCUT2D eigenvalue weighted by molar-refractivity contribution is 5.89. The van der Waals surface area contributed by atoms with Crippen molar-refractivity contribution in [2.24, 2.45) is 0 Å². The molecular weight excluding hydrogens is 280 g/mol. The third-order valence-corrected chi connectivity index (χ3v) is 3.97. The van der Waals surface area contributed by atoms with Crippen molar-refractivity contribution in [2.75, 3.05) is 13.7 Å². The van der Waals surface area contributed by atoms with Gasteiger partial charge in [0.25, 0.3) is 0 Å². The van der Waals surface area contributed by atoms with Gasteiger partial charge in [-0.3, -0.25) is 9.69 Å². The number of carbonyl (C=O) groups is 1. The van der Waals surface area contributed by atoms with Crippen LogP contribution in [0.25, 0.3) is 0 Å². The molecule has 22 heavy (non-hydrogen) atoms. The minimum Gasteiger partial charge on any atom is -0.465 e. The number of methoxy groups -OCH3 is 1. The number of fused-ring (bicyclic) bond motifs is 1. The molecule has 1 N–H and O–H groups in total. The Labute approximate surface area is 128 Å². The van der Waals surface area contributed by atoms with E-state index in [0.29, 0.717) is 18.7 Å². The molecule has 2 heterocycles. The summed E-state index contributed by atoms with van der Waals surface area (Å²) in [5.41, 5.74) is 3.56. The Balaban J connectivity index is 1.76. The zero-order valence-electron chi connectivity index (χ0n) is 12.5. The Morgan fingerprint density at radius 1 is 1.36 bits per heavy atom. The van der Waals surface area contributed by atoms with Crippen LogP contribution >= 0.6 is 0 Å². The average Bonchev–Trinajstić information content (AvgIpc) is 2.55. The summed E-state index contributed by atoms with van der Waals surface area (Å²) in [5, 5.41) is 0. The lowest BCUT2D eigenvalue weighted by Gasteiger charge is -2.28. The maximum atomic E-state index is 11.9. The molecule has 0 aliphatic carbocycles. The molecular formula is C17H18N2O3. The highest BCUT2D eigenvalue weighted by atomic mass is 16.5. The third kappa shape index (κ3) is 2.94. The third-order valence-electron chi connectivity index (χ3n) is 3.97. The summed E-state index contributed by atoms with van der Waals surface area (Å²) < 4.78 is 4.75. The molecule has 1 aromatic carbocycles. The number of esters is 1. The maximum Gasteiger partial charge on any atom is 0.337 e. The predicted octanol–water partition coefficient (Wildman–Crippen LogP) is 1.72. The van der Waals surface area contributed by atoms with Crippen LogP contribution in [-0.4, -0.2) is 29.5 Å². The van der Waals surface area contributed by atoms with Gasteiger partial charge in [-0.15, -0.1) is 0 Å². The molecule has 0 saturated carbocycles. The molecule has 5 heteroatoms. The zero-order valence-corrected chi connectivity index (χ0v) is 12.5. The van der Waals surface area contributed by atoms with Crippen molar-refractivity contribution in [1.82, 2.24) is 9.88 Å². The number of H-pyrrole nitrogens is 1. The first-order valence-electron chi connectivity index (χ1n) is 7.26. The summed E-state index contributed by atoms with van der Waals surface area (Å²) in [7, 11) is 1.38. The van der Waals surface area contributed by atoms with Crippen LogP contribution in [-0.2, 0) is 24.2 Å². The van der Waals surface area contributed by atoms with Gasteiger partial charge in [-0.2, -0.15) is 0 Å². The number of pyridine rings is 1. The Hall–Kier alpha value is -2.40. The van der Waals surface area contributed by atoms with E-state index < -0.39 is 0 Å². The summed E-state index contributed by atoms with van der Waals surface area (Å²) in [4.78, 5) is 28.9. The first-order valence-corrected chi connectivity index (χ1v) is 7.26. The smallest absolute Gasteiger partial charge is 0.337 e. The van der Waals surface area contributed by atoms with Crippen molar-refractivity contribution in [2.45, 2.75) is 19.5 Å². The molecule has 114 valence electrons. The molecule has 0 fully saturated rings. The molecule has 1 aliphatic rings. The minimum absolute atomic E-state index is 0.0850. The van der Waals surface area contributed by atoms with E-state index in [0.717, 1.165) is 29.8 Å². The van der Waals surface area contributed by atoms with E-state index in [1.165, 1.54) is 7.11 Å². The second kappa shape index (κ2) is 6.15. The molecule has 1 aromatic heterocycles. The van der Waals surface area contributed by atoms with Crippen molar-refractivity contribution in [3.05, 3.63) is 69.1 Å². The van der Waals surface area contributed by atoms with E-state index >= 15 is 0 Å². The molecule has 0 unspecified atom stereocenters. The minimum atomic E-state index is -0.331. The summed E-state index contributed by atoms with van der Waals surface area (Å²) >= 11 is 0. The molecule has 0 saturated heterocycles. The van der Waals surface area contributed by atoms with Crippen LogP contribution in [0.1, 0.15) is 27.2 Å². The highest BCUT2D eigenvalue weighted by Gasteiger charge is 2.19. The number of ether oxygens (including phenoxy) is 1. The van der Waals surface area contributed by atoms with E-state index in [9.17, 15) is 9.59 Å². The molecule has 2 aromatic rings. The molecule has 0 radical (unpaired) electrons. The van der Waals surface area contributed by atoms with Crippen molar-refractivity contribution in [3.8, 4) is 0 Å². The molecule has 5 nitrogen and oxygen atoms in total. The second-order valence-electron chi connectivity index (χ2n) is 5.45. The topological polar surface area (TPSA) is 62.4 Å². The fourth-order valence-electron chi connectivity index (χ4n) is 2.83. The monoisotopic (exact) mass is 298 g/mol. The quantitative estimate of drug-likeness (QED) is 0.877. The normalized spacial score (nSPS) is 14.4. The Bertz CT molecular complexity index is 752. The van der Waals surface area contributed by atoms with E-state index in [2.05, 4.69) is 9.88 Å². The van der Waals surface area contributed by atoms with Crippen molar-refractivity contribution in [3.63, 3.8) is 0 Å².